The zero-order valence-corrected chi connectivity index (χ0v) is 13.1. The van der Waals surface area contributed by atoms with Crippen molar-refractivity contribution < 1.29 is 0 Å². The predicted molar refractivity (Wildman–Crippen MR) is 83.3 cm³/mol. The summed E-state index contributed by atoms with van der Waals surface area (Å²) in [6, 6.07) is 11.4. The van der Waals surface area contributed by atoms with Gasteiger partial charge >= 0.3 is 0 Å². The first-order valence-corrected chi connectivity index (χ1v) is 7.89. The molecule has 0 amide bonds. The minimum absolute atomic E-state index is 0.403. The van der Waals surface area contributed by atoms with Gasteiger partial charge in [0.15, 0.2) is 0 Å². The molecule has 0 aliphatic rings. The van der Waals surface area contributed by atoms with E-state index in [-0.39, 0.29) is 0 Å². The van der Waals surface area contributed by atoms with Crippen LogP contribution in [0.1, 0.15) is 29.0 Å². The number of hydrogen-bond acceptors (Lipinski definition) is 2. The van der Waals surface area contributed by atoms with Crippen LogP contribution >= 0.6 is 27.3 Å². The molecular weight excluding hydrogens is 306 g/mol. The molecule has 0 aliphatic heterocycles. The molecule has 0 bridgehead atoms. The van der Waals surface area contributed by atoms with Gasteiger partial charge in [-0.2, -0.15) is 0 Å². The number of hydrogen-bond donors (Lipinski definition) is 1. The summed E-state index contributed by atoms with van der Waals surface area (Å²) in [4.78, 5) is 1.43. The molecule has 1 heterocycles. The highest BCUT2D eigenvalue weighted by atomic mass is 79.9. The number of aryl methyl sites for hydroxylation is 1. The zero-order valence-electron chi connectivity index (χ0n) is 10.7. The smallest absolute Gasteiger partial charge is 0.0368 e. The Labute approximate surface area is 121 Å². The van der Waals surface area contributed by atoms with Crippen molar-refractivity contribution in [2.75, 3.05) is 6.54 Å². The molecule has 2 rings (SSSR count). The van der Waals surface area contributed by atoms with E-state index in [1.54, 1.807) is 0 Å². The van der Waals surface area contributed by atoms with E-state index in [0.717, 1.165) is 13.0 Å². The monoisotopic (exact) mass is 323 g/mol. The first-order valence-electron chi connectivity index (χ1n) is 6.22. The van der Waals surface area contributed by atoms with Crippen molar-refractivity contribution in [3.63, 3.8) is 0 Å². The van der Waals surface area contributed by atoms with Crippen LogP contribution in [0.2, 0.25) is 0 Å². The Morgan fingerprint density at radius 3 is 2.78 bits per heavy atom. The van der Waals surface area contributed by atoms with Gasteiger partial charge in [-0.3, -0.25) is 0 Å². The molecule has 0 fully saturated rings. The van der Waals surface area contributed by atoms with E-state index in [4.69, 9.17) is 0 Å². The van der Waals surface area contributed by atoms with Crippen molar-refractivity contribution in [2.24, 2.45) is 0 Å². The Balaban J connectivity index is 2.20. The topological polar surface area (TPSA) is 12.0 Å². The van der Waals surface area contributed by atoms with Gasteiger partial charge in [-0.25, -0.2) is 0 Å². The van der Waals surface area contributed by atoms with Crippen LogP contribution in [0.5, 0.6) is 0 Å². The zero-order chi connectivity index (χ0) is 13.0. The van der Waals surface area contributed by atoms with Crippen LogP contribution in [-0.2, 0) is 6.42 Å². The van der Waals surface area contributed by atoms with E-state index < -0.39 is 0 Å². The average molecular weight is 324 g/mol. The van der Waals surface area contributed by atoms with E-state index >= 15 is 0 Å². The van der Waals surface area contributed by atoms with E-state index in [1.165, 1.54) is 20.5 Å². The summed E-state index contributed by atoms with van der Waals surface area (Å²) < 4.78 is 1.18. The maximum atomic E-state index is 3.58. The Bertz CT molecular complexity index is 493. The summed E-state index contributed by atoms with van der Waals surface area (Å²) in [5.41, 5.74) is 2.66. The van der Waals surface area contributed by atoms with Crippen molar-refractivity contribution in [3.05, 3.63) is 56.2 Å². The molecule has 1 nitrogen and oxygen atoms in total. The third-order valence-electron chi connectivity index (χ3n) is 3.02. The van der Waals surface area contributed by atoms with Crippen molar-refractivity contribution in [1.82, 2.24) is 5.32 Å². The Hall–Kier alpha value is -0.640. The largest absolute Gasteiger partial charge is 0.310 e. The molecule has 1 unspecified atom stereocenters. The second kappa shape index (κ2) is 6.50. The lowest BCUT2D eigenvalue weighted by Crippen LogP contribution is -2.22. The second-order valence-electron chi connectivity index (χ2n) is 4.40. The highest BCUT2D eigenvalue weighted by Gasteiger charge is 2.12. The van der Waals surface area contributed by atoms with Crippen LogP contribution in [0.25, 0.3) is 0 Å². The number of benzene rings is 1. The van der Waals surface area contributed by atoms with Gasteiger partial charge in [0.25, 0.3) is 0 Å². The lowest BCUT2D eigenvalue weighted by Gasteiger charge is -2.18. The fourth-order valence-electron chi connectivity index (χ4n) is 2.07. The maximum Gasteiger partial charge on any atom is 0.0368 e. The molecule has 3 heteroatoms. The summed E-state index contributed by atoms with van der Waals surface area (Å²) in [7, 11) is 0. The Morgan fingerprint density at radius 2 is 2.17 bits per heavy atom. The minimum Gasteiger partial charge on any atom is -0.310 e. The van der Waals surface area contributed by atoms with Gasteiger partial charge < -0.3 is 5.32 Å². The van der Waals surface area contributed by atoms with Crippen LogP contribution in [0, 0.1) is 6.92 Å². The van der Waals surface area contributed by atoms with Crippen LogP contribution in [0.15, 0.2) is 40.2 Å². The molecule has 1 aromatic heterocycles. The fraction of sp³-hybridized carbons (Fsp3) is 0.333. The second-order valence-corrected chi connectivity index (χ2v) is 6.29. The fourth-order valence-corrected chi connectivity index (χ4v) is 3.07. The molecule has 96 valence electrons. The lowest BCUT2D eigenvalue weighted by molar-refractivity contribution is 0.553. The molecule has 0 radical (unpaired) electrons. The van der Waals surface area contributed by atoms with Gasteiger partial charge in [0.1, 0.15) is 0 Å². The predicted octanol–water partition coefficient (Wildman–Crippen LogP) is 4.71. The average Bonchev–Trinajstić information content (AvgIpc) is 2.85. The SMILES string of the molecule is CCNC(Cc1cccs1)c1ccc(Br)c(C)c1. The molecule has 1 atom stereocenters. The van der Waals surface area contributed by atoms with Gasteiger partial charge in [-0.05, 0) is 42.1 Å². The molecule has 0 saturated heterocycles. The first kappa shape index (κ1) is 13.8. The van der Waals surface area contributed by atoms with Crippen molar-refractivity contribution in [3.8, 4) is 0 Å². The maximum absolute atomic E-state index is 3.58. The van der Waals surface area contributed by atoms with Crippen LogP contribution in [-0.4, -0.2) is 6.54 Å². The quantitative estimate of drug-likeness (QED) is 0.840. The molecule has 0 spiro atoms. The van der Waals surface area contributed by atoms with Crippen molar-refractivity contribution >= 4 is 27.3 Å². The summed E-state index contributed by atoms with van der Waals surface area (Å²) >= 11 is 5.39. The third-order valence-corrected chi connectivity index (χ3v) is 4.81. The van der Waals surface area contributed by atoms with Gasteiger partial charge in [0.05, 0.1) is 0 Å². The molecule has 1 N–H and O–H groups in total. The summed E-state index contributed by atoms with van der Waals surface area (Å²) in [5, 5.41) is 5.72. The van der Waals surface area contributed by atoms with Crippen molar-refractivity contribution in [2.45, 2.75) is 26.3 Å². The van der Waals surface area contributed by atoms with Gasteiger partial charge in [0, 0.05) is 21.8 Å². The van der Waals surface area contributed by atoms with Gasteiger partial charge in [-0.1, -0.05) is 41.1 Å². The number of rotatable bonds is 5. The molecule has 1 aromatic carbocycles. The number of thiophene rings is 1. The van der Waals surface area contributed by atoms with Gasteiger partial charge in [-0.15, -0.1) is 11.3 Å². The van der Waals surface area contributed by atoms with Crippen molar-refractivity contribution in [1.29, 1.82) is 0 Å². The lowest BCUT2D eigenvalue weighted by atomic mass is 10.0. The highest BCUT2D eigenvalue weighted by molar-refractivity contribution is 9.10. The highest BCUT2D eigenvalue weighted by Crippen LogP contribution is 2.25. The molecule has 18 heavy (non-hydrogen) atoms. The first-order chi connectivity index (χ1) is 8.70. The number of nitrogens with one attached hydrogen (secondary N) is 1. The number of likely N-dealkylation sites (N-methyl/N-ethyl adjacent to an activating group) is 1. The van der Waals surface area contributed by atoms with Gasteiger partial charge in [0.2, 0.25) is 0 Å². The van der Waals surface area contributed by atoms with E-state index in [1.807, 2.05) is 11.3 Å². The minimum atomic E-state index is 0.403. The van der Waals surface area contributed by atoms with E-state index in [9.17, 15) is 0 Å². The van der Waals surface area contributed by atoms with E-state index in [2.05, 4.69) is 70.8 Å². The number of halogens is 1. The molecular formula is C15H18BrNS. The molecule has 0 saturated carbocycles. The molecule has 2 aromatic rings. The van der Waals surface area contributed by atoms with Crippen LogP contribution < -0.4 is 5.32 Å². The van der Waals surface area contributed by atoms with Crippen LogP contribution in [0.3, 0.4) is 0 Å². The van der Waals surface area contributed by atoms with E-state index in [0.29, 0.717) is 6.04 Å². The summed E-state index contributed by atoms with van der Waals surface area (Å²) in [6.45, 7) is 5.29. The Morgan fingerprint density at radius 1 is 1.33 bits per heavy atom. The summed E-state index contributed by atoms with van der Waals surface area (Å²) in [6.07, 6.45) is 1.06. The normalized spacial score (nSPS) is 12.6. The van der Waals surface area contributed by atoms with Crippen LogP contribution in [0.4, 0.5) is 0 Å². The molecule has 0 aliphatic carbocycles. The third kappa shape index (κ3) is 3.44. The Kier molecular flexibility index (Phi) is 4.98. The standard InChI is InChI=1S/C15H18BrNS/c1-3-17-15(10-13-5-4-8-18-13)12-6-7-14(16)11(2)9-12/h4-9,15,17H,3,10H2,1-2H3. The summed E-state index contributed by atoms with van der Waals surface area (Å²) in [5.74, 6) is 0.